The zero-order valence-corrected chi connectivity index (χ0v) is 11.6. The van der Waals surface area contributed by atoms with Crippen LogP contribution in [0, 0.1) is 6.92 Å². The number of aromatic carboxylic acids is 1. The van der Waals surface area contributed by atoms with Crippen LogP contribution in [0.3, 0.4) is 0 Å². The minimum absolute atomic E-state index is 0.0522. The number of aryl methyl sites for hydroxylation is 1. The van der Waals surface area contributed by atoms with Crippen molar-refractivity contribution < 1.29 is 14.7 Å². The second kappa shape index (κ2) is 4.72. The molecule has 0 bridgehead atoms. The van der Waals surface area contributed by atoms with Gasteiger partial charge >= 0.3 is 5.97 Å². The lowest BCUT2D eigenvalue weighted by Crippen LogP contribution is -2.24. The first-order valence-corrected chi connectivity index (χ1v) is 6.93. The summed E-state index contributed by atoms with van der Waals surface area (Å²) in [5.41, 5.74) is 2.16. The number of fused-ring (bicyclic) bond motifs is 1. The minimum Gasteiger partial charge on any atom is -0.478 e. The molecular formula is C14H12N2O3S. The highest BCUT2D eigenvalue weighted by molar-refractivity contribution is 7.13. The van der Waals surface area contributed by atoms with Crippen molar-refractivity contribution in [3.8, 4) is 0 Å². The van der Waals surface area contributed by atoms with Gasteiger partial charge in [-0.25, -0.2) is 9.78 Å². The van der Waals surface area contributed by atoms with Gasteiger partial charge in [0, 0.05) is 13.1 Å². The highest BCUT2D eigenvalue weighted by Crippen LogP contribution is 2.26. The molecule has 1 aromatic carbocycles. The molecule has 0 fully saturated rings. The maximum absolute atomic E-state index is 12.3. The first kappa shape index (κ1) is 12.8. The molecule has 0 saturated carbocycles. The summed E-state index contributed by atoms with van der Waals surface area (Å²) in [6.07, 6.45) is 1.59. The number of hydrogen-bond donors (Lipinski definition) is 1. The molecule has 1 N–H and O–H groups in total. The monoisotopic (exact) mass is 288 g/mol. The Morgan fingerprint density at radius 2 is 2.05 bits per heavy atom. The van der Waals surface area contributed by atoms with Crippen molar-refractivity contribution >= 4 is 23.2 Å². The number of carbonyl (C=O) groups excluding carboxylic acids is 1. The number of carboxylic acids is 1. The van der Waals surface area contributed by atoms with E-state index in [0.29, 0.717) is 18.0 Å². The molecule has 1 aliphatic heterocycles. The molecule has 0 atom stereocenters. The maximum Gasteiger partial charge on any atom is 0.335 e. The topological polar surface area (TPSA) is 70.5 Å². The molecule has 102 valence electrons. The summed E-state index contributed by atoms with van der Waals surface area (Å²) in [6.45, 7) is 2.83. The van der Waals surface area contributed by atoms with Crippen LogP contribution >= 0.6 is 11.3 Å². The second-order valence-electron chi connectivity index (χ2n) is 4.69. The first-order chi connectivity index (χ1) is 9.54. The van der Waals surface area contributed by atoms with Crippen molar-refractivity contribution in [1.82, 2.24) is 9.88 Å². The highest BCUT2D eigenvalue weighted by atomic mass is 32.1. The predicted molar refractivity (Wildman–Crippen MR) is 73.8 cm³/mol. The standard InChI is InChI=1S/C14H12N2O3S/c1-8-15-5-12(20-8)13(17)16-6-10-3-2-9(14(18)19)4-11(10)7-16/h2-5H,6-7H2,1H3,(H,18,19). The van der Waals surface area contributed by atoms with E-state index >= 15 is 0 Å². The molecule has 0 radical (unpaired) electrons. The van der Waals surface area contributed by atoms with Gasteiger partial charge in [0.2, 0.25) is 0 Å². The van der Waals surface area contributed by atoms with E-state index in [1.54, 1.807) is 29.3 Å². The van der Waals surface area contributed by atoms with E-state index in [4.69, 9.17) is 5.11 Å². The number of thiazole rings is 1. The van der Waals surface area contributed by atoms with Gasteiger partial charge in [0.15, 0.2) is 0 Å². The number of nitrogens with zero attached hydrogens (tertiary/aromatic N) is 2. The van der Waals surface area contributed by atoms with Crippen LogP contribution in [0.15, 0.2) is 24.4 Å². The Morgan fingerprint density at radius 3 is 2.70 bits per heavy atom. The van der Waals surface area contributed by atoms with Crippen molar-refractivity contribution in [2.45, 2.75) is 20.0 Å². The van der Waals surface area contributed by atoms with E-state index < -0.39 is 5.97 Å². The molecule has 20 heavy (non-hydrogen) atoms. The number of benzene rings is 1. The summed E-state index contributed by atoms with van der Waals surface area (Å²) in [5, 5.41) is 9.84. The Kier molecular flexibility index (Phi) is 3.02. The lowest BCUT2D eigenvalue weighted by atomic mass is 10.1. The SMILES string of the molecule is Cc1ncc(C(=O)N2Cc3ccc(C(=O)O)cc3C2)s1. The van der Waals surface area contributed by atoms with Crippen LogP contribution in [0.1, 0.15) is 36.2 Å². The molecule has 1 amide bonds. The fourth-order valence-electron chi connectivity index (χ4n) is 2.29. The van der Waals surface area contributed by atoms with E-state index in [1.807, 2.05) is 6.92 Å². The molecule has 0 saturated heterocycles. The third-order valence-corrected chi connectivity index (χ3v) is 4.20. The Morgan fingerprint density at radius 1 is 1.30 bits per heavy atom. The molecule has 6 heteroatoms. The average Bonchev–Trinajstić information content (AvgIpc) is 3.02. The fraction of sp³-hybridized carbons (Fsp3) is 0.214. The van der Waals surface area contributed by atoms with Gasteiger partial charge in [-0.1, -0.05) is 6.07 Å². The van der Waals surface area contributed by atoms with Crippen molar-refractivity contribution in [2.24, 2.45) is 0 Å². The summed E-state index contributed by atoms with van der Waals surface area (Å²) < 4.78 is 0. The van der Waals surface area contributed by atoms with Crippen molar-refractivity contribution in [1.29, 1.82) is 0 Å². The number of aromatic nitrogens is 1. The Balaban J connectivity index is 1.83. The molecule has 1 aromatic heterocycles. The van der Waals surface area contributed by atoms with E-state index in [-0.39, 0.29) is 11.5 Å². The van der Waals surface area contributed by atoms with Crippen LogP contribution in [0.25, 0.3) is 0 Å². The zero-order valence-electron chi connectivity index (χ0n) is 10.8. The number of carboxylic acid groups (broad SMARTS) is 1. The van der Waals surface area contributed by atoms with Crippen LogP contribution in [-0.4, -0.2) is 26.9 Å². The average molecular weight is 288 g/mol. The lowest BCUT2D eigenvalue weighted by molar-refractivity contribution is 0.0696. The number of hydrogen-bond acceptors (Lipinski definition) is 4. The van der Waals surface area contributed by atoms with E-state index in [0.717, 1.165) is 16.1 Å². The minimum atomic E-state index is -0.948. The summed E-state index contributed by atoms with van der Waals surface area (Å²) in [7, 11) is 0. The summed E-state index contributed by atoms with van der Waals surface area (Å²) in [6, 6.07) is 5.00. The molecular weight excluding hydrogens is 276 g/mol. The van der Waals surface area contributed by atoms with Gasteiger partial charge < -0.3 is 10.0 Å². The summed E-state index contributed by atoms with van der Waals surface area (Å²) in [4.78, 5) is 29.7. The van der Waals surface area contributed by atoms with E-state index in [2.05, 4.69) is 4.98 Å². The van der Waals surface area contributed by atoms with Gasteiger partial charge in [0.05, 0.1) is 16.8 Å². The second-order valence-corrected chi connectivity index (χ2v) is 5.93. The molecule has 0 aliphatic carbocycles. The fourth-order valence-corrected chi connectivity index (χ4v) is 3.03. The van der Waals surface area contributed by atoms with Crippen molar-refractivity contribution in [2.75, 3.05) is 0 Å². The van der Waals surface area contributed by atoms with Crippen LogP contribution in [0.5, 0.6) is 0 Å². The third-order valence-electron chi connectivity index (χ3n) is 3.29. The van der Waals surface area contributed by atoms with Gasteiger partial charge in [0.1, 0.15) is 4.88 Å². The first-order valence-electron chi connectivity index (χ1n) is 6.11. The van der Waals surface area contributed by atoms with Crippen molar-refractivity contribution in [3.05, 3.63) is 51.0 Å². The smallest absolute Gasteiger partial charge is 0.335 e. The van der Waals surface area contributed by atoms with Crippen molar-refractivity contribution in [3.63, 3.8) is 0 Å². The van der Waals surface area contributed by atoms with Gasteiger partial charge in [-0.3, -0.25) is 4.79 Å². The normalized spacial score (nSPS) is 13.3. The quantitative estimate of drug-likeness (QED) is 0.920. The molecule has 5 nitrogen and oxygen atoms in total. The van der Waals surface area contributed by atoms with E-state index in [1.165, 1.54) is 11.3 Å². The van der Waals surface area contributed by atoms with Gasteiger partial charge in [0.25, 0.3) is 5.91 Å². The Labute approximate surface area is 119 Å². The predicted octanol–water partition coefficient (Wildman–Crippen LogP) is 2.31. The van der Waals surface area contributed by atoms with Crippen LogP contribution in [0.4, 0.5) is 0 Å². The molecule has 2 heterocycles. The summed E-state index contributed by atoms with van der Waals surface area (Å²) >= 11 is 1.37. The van der Waals surface area contributed by atoms with Gasteiger partial charge in [-0.05, 0) is 30.2 Å². The number of rotatable bonds is 2. The third kappa shape index (κ3) is 2.18. The molecule has 1 aliphatic rings. The number of carbonyl (C=O) groups is 2. The molecule has 3 rings (SSSR count). The van der Waals surface area contributed by atoms with Gasteiger partial charge in [-0.2, -0.15) is 0 Å². The highest BCUT2D eigenvalue weighted by Gasteiger charge is 2.26. The molecule has 0 unspecified atom stereocenters. The lowest BCUT2D eigenvalue weighted by Gasteiger charge is -2.13. The van der Waals surface area contributed by atoms with Crippen LogP contribution in [0.2, 0.25) is 0 Å². The zero-order chi connectivity index (χ0) is 14.3. The molecule has 2 aromatic rings. The Bertz CT molecular complexity index is 708. The van der Waals surface area contributed by atoms with Crippen LogP contribution < -0.4 is 0 Å². The van der Waals surface area contributed by atoms with E-state index in [9.17, 15) is 9.59 Å². The summed E-state index contributed by atoms with van der Waals surface area (Å²) in [5.74, 6) is -1.00. The van der Waals surface area contributed by atoms with Crippen LogP contribution in [-0.2, 0) is 13.1 Å². The largest absolute Gasteiger partial charge is 0.478 e. The Hall–Kier alpha value is -2.21. The maximum atomic E-state index is 12.3. The molecule has 0 spiro atoms. The van der Waals surface area contributed by atoms with Gasteiger partial charge in [-0.15, -0.1) is 11.3 Å². The number of amides is 1.